The van der Waals surface area contributed by atoms with Gasteiger partial charge in [-0.3, -0.25) is 0 Å². The fourth-order valence-corrected chi connectivity index (χ4v) is 0.585. The second-order valence-electron chi connectivity index (χ2n) is 0.999. The zero-order valence-electron chi connectivity index (χ0n) is 5.18. The second-order valence-corrected chi connectivity index (χ2v) is 1.74. The van der Waals surface area contributed by atoms with E-state index in [9.17, 15) is 4.79 Å². The third-order valence-electron chi connectivity index (χ3n) is 0.514. The Balaban J connectivity index is 0. The van der Waals surface area contributed by atoms with Gasteiger partial charge in [-0.05, 0) is 0 Å². The van der Waals surface area contributed by atoms with Crippen molar-refractivity contribution < 1.29 is 11.0 Å². The van der Waals surface area contributed by atoms with E-state index in [1.165, 1.54) is 22.3 Å². The molecule has 0 bridgehead atoms. The molecule has 0 saturated heterocycles. The van der Waals surface area contributed by atoms with Gasteiger partial charge < -0.3 is 0 Å². The quantitative estimate of drug-likeness (QED) is 0.477. The molecule has 0 atom stereocenters. The average Bonchev–Trinajstić information content (AvgIpc) is 1.68. The van der Waals surface area contributed by atoms with Crippen molar-refractivity contribution in [2.24, 2.45) is 0 Å². The summed E-state index contributed by atoms with van der Waals surface area (Å²) in [6, 6.07) is 0. The Morgan fingerprint density at radius 3 is 2.71 bits per heavy atom. The molecule has 0 unspecified atom stereocenters. The zero-order chi connectivity index (χ0) is 5.70. The van der Waals surface area contributed by atoms with Crippen molar-refractivity contribution >= 4 is 28.3 Å². The Bertz CT molecular complexity index is 67.1. The van der Waals surface area contributed by atoms with Crippen LogP contribution in [0.15, 0.2) is 0 Å². The molecular formula is C4H9O2Te+. The van der Waals surface area contributed by atoms with Crippen LogP contribution in [0.1, 0.15) is 14.8 Å². The van der Waals surface area contributed by atoms with Gasteiger partial charge in [0.15, 0.2) is 0 Å². The van der Waals surface area contributed by atoms with Crippen molar-refractivity contribution in [3.05, 3.63) is 0 Å². The molecular weight excluding hydrogens is 208 g/mol. The van der Waals surface area contributed by atoms with E-state index < -0.39 is 0 Å². The third-order valence-corrected chi connectivity index (χ3v) is 0.883. The summed E-state index contributed by atoms with van der Waals surface area (Å²) in [5.74, 6) is -0.110. The van der Waals surface area contributed by atoms with Gasteiger partial charge in [0.2, 0.25) is 0 Å². The third kappa shape index (κ3) is 4.11. The van der Waals surface area contributed by atoms with Gasteiger partial charge in [0.05, 0.1) is 0 Å². The van der Waals surface area contributed by atoms with Crippen molar-refractivity contribution in [1.29, 1.82) is 0 Å². The zero-order valence-corrected chi connectivity index (χ0v) is 6.73. The summed E-state index contributed by atoms with van der Waals surface area (Å²) >= 11 is 1.49. The van der Waals surface area contributed by atoms with E-state index >= 15 is 0 Å². The van der Waals surface area contributed by atoms with Crippen LogP contribution >= 0.6 is 0 Å². The molecule has 0 amide bonds. The van der Waals surface area contributed by atoms with E-state index in [-0.39, 0.29) is 7.40 Å². The normalized spacial score (nSPS) is 8.29. The van der Waals surface area contributed by atoms with Gasteiger partial charge in [-0.15, -0.1) is 0 Å². The number of esters is 1. The fourth-order valence-electron chi connectivity index (χ4n) is 0.174. The van der Waals surface area contributed by atoms with E-state index in [4.69, 9.17) is 0 Å². The summed E-state index contributed by atoms with van der Waals surface area (Å²) in [7, 11) is 0. The van der Waals surface area contributed by atoms with Crippen LogP contribution in [0.5, 0.6) is 0 Å². The van der Waals surface area contributed by atoms with Crippen LogP contribution in [0.2, 0.25) is 0 Å². The predicted molar refractivity (Wildman–Crippen MR) is 29.5 cm³/mol. The first-order chi connectivity index (χ1) is 3.31. The second kappa shape index (κ2) is 4.42. The Kier molecular flexibility index (Phi) is 4.58. The molecule has 0 aliphatic rings. The van der Waals surface area contributed by atoms with Crippen molar-refractivity contribution in [1.82, 2.24) is 0 Å². The Labute approximate surface area is 57.6 Å². The van der Waals surface area contributed by atoms with Gasteiger partial charge in [-0.1, -0.05) is 0 Å². The maximum atomic E-state index is 10.2. The van der Waals surface area contributed by atoms with Gasteiger partial charge >= 0.3 is 57.2 Å². The minimum absolute atomic E-state index is 0. The predicted octanol–water partition coefficient (Wildman–Crippen LogP) is -0.0896. The molecule has 0 aromatic rings. The van der Waals surface area contributed by atoms with Crippen molar-refractivity contribution in [3.63, 3.8) is 0 Å². The molecule has 2 nitrogen and oxygen atoms in total. The first kappa shape index (κ1) is 7.26. The number of ether oxygens (including phenoxy) is 1. The summed E-state index contributed by atoms with van der Waals surface area (Å²) in [5.41, 5.74) is 0. The van der Waals surface area contributed by atoms with E-state index in [0.29, 0.717) is 11.1 Å². The monoisotopic (exact) mass is 219 g/mol. The summed E-state index contributed by atoms with van der Waals surface area (Å²) < 4.78 is 5.12. The molecule has 0 aliphatic carbocycles. The van der Waals surface area contributed by atoms with E-state index in [1.54, 1.807) is 6.92 Å². The number of carbonyl (C=O) groups is 1. The Morgan fingerprint density at radius 1 is 2.00 bits per heavy atom. The van der Waals surface area contributed by atoms with Gasteiger partial charge in [0.1, 0.15) is 0 Å². The number of rotatable bonds is 2. The maximum absolute atomic E-state index is 10.2. The molecule has 7 heavy (non-hydrogen) atoms. The van der Waals surface area contributed by atoms with Gasteiger partial charge in [-0.2, -0.15) is 0 Å². The van der Waals surface area contributed by atoms with E-state index in [2.05, 4.69) is 4.74 Å². The van der Waals surface area contributed by atoms with E-state index in [1.807, 2.05) is 0 Å². The average molecular weight is 217 g/mol. The van der Waals surface area contributed by atoms with E-state index in [0.717, 1.165) is 0 Å². The maximum Gasteiger partial charge on any atom is 1.00 e. The number of hydrogen-bond acceptors (Lipinski definition) is 2. The minimum atomic E-state index is -0.110. The Hall–Kier alpha value is 0.260. The van der Waals surface area contributed by atoms with Crippen molar-refractivity contribution in [2.75, 3.05) is 4.65 Å². The molecule has 0 saturated carbocycles. The van der Waals surface area contributed by atoms with Crippen LogP contribution in [0, 0.1) is 0 Å². The molecule has 0 N–H and O–H groups in total. The van der Waals surface area contributed by atoms with Gasteiger partial charge in [0, 0.05) is 0 Å². The molecule has 0 heterocycles. The number of hydrogen-bond donors (Lipinski definition) is 0. The standard InChI is InChI=1S/C4H8O2Te/c1-2-4(5)6-3-7/h7H,2-3H2,1H3/p+1. The fraction of sp³-hybridized carbons (Fsp3) is 0.750. The summed E-state index contributed by atoms with van der Waals surface area (Å²) in [4.78, 5) is 10.2. The molecule has 0 aromatic carbocycles. The smallest absolute Gasteiger partial charge is 1.00 e. The topological polar surface area (TPSA) is 26.3 Å². The molecule has 42 valence electrons. The first-order valence-electron chi connectivity index (χ1n) is 2.07. The molecule has 0 rings (SSSR count). The van der Waals surface area contributed by atoms with Crippen LogP contribution in [0.3, 0.4) is 0 Å². The van der Waals surface area contributed by atoms with Crippen LogP contribution in [0.4, 0.5) is 0 Å². The minimum Gasteiger partial charge on any atom is 1.00 e. The number of carbonyl (C=O) groups excluding carboxylic acids is 1. The molecule has 3 heteroatoms. The van der Waals surface area contributed by atoms with Gasteiger partial charge in [0.25, 0.3) is 0 Å². The van der Waals surface area contributed by atoms with Gasteiger partial charge in [-0.25, -0.2) is 0 Å². The SMILES string of the molecule is CCC(=O)OC[TeH].[H+]. The summed E-state index contributed by atoms with van der Waals surface area (Å²) in [6.07, 6.45) is 0.488. The van der Waals surface area contributed by atoms with Crippen LogP contribution in [0.25, 0.3) is 0 Å². The summed E-state index contributed by atoms with van der Waals surface area (Å²) in [5, 5.41) is 0. The Morgan fingerprint density at radius 2 is 2.57 bits per heavy atom. The molecule has 0 aromatic heterocycles. The molecule has 0 fully saturated rings. The van der Waals surface area contributed by atoms with Crippen LogP contribution in [-0.2, 0) is 9.53 Å². The molecule has 0 radical (unpaired) electrons. The summed E-state index contributed by atoms with van der Waals surface area (Å²) in [6.45, 7) is 1.78. The molecule has 0 spiro atoms. The van der Waals surface area contributed by atoms with Crippen LogP contribution in [-0.4, -0.2) is 32.9 Å². The largest absolute Gasteiger partial charge is 1.00 e. The van der Waals surface area contributed by atoms with Crippen LogP contribution < -0.4 is 0 Å². The van der Waals surface area contributed by atoms with Crippen molar-refractivity contribution in [3.8, 4) is 0 Å². The molecule has 0 aliphatic heterocycles. The first-order valence-corrected chi connectivity index (χ1v) is 3.88. The van der Waals surface area contributed by atoms with Crippen molar-refractivity contribution in [2.45, 2.75) is 13.3 Å².